The van der Waals surface area contributed by atoms with Crippen molar-refractivity contribution in [3.63, 3.8) is 0 Å². The van der Waals surface area contributed by atoms with Gasteiger partial charge in [-0.3, -0.25) is 19.5 Å². The molecule has 1 aromatic carbocycles. The lowest BCUT2D eigenvalue weighted by atomic mass is 9.90. The van der Waals surface area contributed by atoms with Crippen molar-refractivity contribution >= 4 is 21.7 Å². The third-order valence-electron chi connectivity index (χ3n) is 6.61. The molecule has 1 heterocycles. The molecule has 0 aromatic heterocycles. The molecule has 10 nitrogen and oxygen atoms in total. The summed E-state index contributed by atoms with van der Waals surface area (Å²) < 4.78 is 77.1. The highest BCUT2D eigenvalue weighted by Gasteiger charge is 2.52. The van der Waals surface area contributed by atoms with Gasteiger partial charge in [0, 0.05) is 25.7 Å². The molecule has 14 heteroatoms. The highest BCUT2D eigenvalue weighted by Crippen LogP contribution is 2.36. The molecule has 1 aliphatic carbocycles. The van der Waals surface area contributed by atoms with Crippen LogP contribution in [0.3, 0.4) is 0 Å². The maximum Gasteiger partial charge on any atom is 0.523 e. The van der Waals surface area contributed by atoms with Crippen LogP contribution >= 0.6 is 0 Å². The molecule has 1 saturated heterocycles. The molecular weight excluding hydrogens is 533 g/mol. The smallest absolute Gasteiger partial charge is 0.494 e. The third-order valence-corrected chi connectivity index (χ3v) is 9.12. The summed E-state index contributed by atoms with van der Waals surface area (Å²) >= 11 is 0. The molecule has 3 rings (SSSR count). The highest BCUT2D eigenvalue weighted by atomic mass is 32.2. The summed E-state index contributed by atoms with van der Waals surface area (Å²) in [7, 11) is -4.15. The van der Waals surface area contributed by atoms with Crippen molar-refractivity contribution in [2.75, 3.05) is 19.8 Å². The summed E-state index contributed by atoms with van der Waals surface area (Å²) in [5.74, 6) is -0.933. The first-order valence-corrected chi connectivity index (χ1v) is 13.5. The minimum absolute atomic E-state index is 0.0598. The Morgan fingerprint density at radius 2 is 1.82 bits per heavy atom. The van der Waals surface area contributed by atoms with Gasteiger partial charge in [-0.2, -0.15) is 0 Å². The molecule has 2 aliphatic rings. The van der Waals surface area contributed by atoms with E-state index >= 15 is 0 Å². The van der Waals surface area contributed by atoms with Gasteiger partial charge in [0.05, 0.1) is 17.1 Å². The number of rotatable bonds is 10. The number of nitrogens with one attached hydrogen (secondary N) is 2. The largest absolute Gasteiger partial charge is 0.523 e. The Morgan fingerprint density at radius 3 is 2.37 bits per heavy atom. The fourth-order valence-corrected chi connectivity index (χ4v) is 6.41. The minimum Gasteiger partial charge on any atom is -0.494 e. The molecule has 0 spiro atoms. The van der Waals surface area contributed by atoms with E-state index in [0.717, 1.165) is 0 Å². The second kappa shape index (κ2) is 12.0. The molecule has 38 heavy (non-hydrogen) atoms. The molecule has 2 atom stereocenters. The quantitative estimate of drug-likeness (QED) is 0.171. The van der Waals surface area contributed by atoms with E-state index in [4.69, 9.17) is 14.7 Å². The Balaban J connectivity index is 1.47. The number of hydrogen-bond donors (Lipinski definition) is 3. The van der Waals surface area contributed by atoms with Gasteiger partial charge < -0.3 is 14.8 Å². The van der Waals surface area contributed by atoms with Gasteiger partial charge in [0.25, 0.3) is 5.91 Å². The lowest BCUT2D eigenvalue weighted by Gasteiger charge is -2.34. The Hall–Kier alpha value is -2.68. The predicted octanol–water partition coefficient (Wildman–Crippen LogP) is 2.80. The van der Waals surface area contributed by atoms with Gasteiger partial charge in [-0.25, -0.2) is 13.9 Å². The Labute approximate surface area is 218 Å². The first kappa shape index (κ1) is 29.9. The van der Waals surface area contributed by atoms with Crippen LogP contribution in [-0.2, 0) is 28.9 Å². The summed E-state index contributed by atoms with van der Waals surface area (Å²) in [4.78, 5) is 24.4. The lowest BCUT2D eigenvalue weighted by molar-refractivity contribution is -0.357. The Kier molecular flexibility index (Phi) is 9.44. The minimum atomic E-state index is -4.74. The normalized spacial score (nSPS) is 23.4. The van der Waals surface area contributed by atoms with Crippen molar-refractivity contribution < 1.29 is 50.6 Å². The van der Waals surface area contributed by atoms with Crippen molar-refractivity contribution in [2.45, 2.75) is 73.1 Å². The van der Waals surface area contributed by atoms with Crippen molar-refractivity contribution in [3.8, 4) is 5.75 Å². The number of carbonyl (C=O) groups is 2. The first-order valence-electron chi connectivity index (χ1n) is 12.1. The van der Waals surface area contributed by atoms with Gasteiger partial charge in [-0.05, 0) is 63.3 Å². The molecule has 0 saturated carbocycles. The molecule has 1 aliphatic heterocycles. The van der Waals surface area contributed by atoms with Crippen LogP contribution in [0, 0.1) is 0 Å². The highest BCUT2D eigenvalue weighted by molar-refractivity contribution is 7.93. The SMILES string of the molecule is CC1(OC(F)(F)F)C=CC(NC(=O)CCCOc2ccc(S(=O)(=O)C3(C(=O)NO)CCOCC3)cc2)CC1. The molecular formula is C24H31F3N2O8S. The van der Waals surface area contributed by atoms with E-state index in [1.807, 2.05) is 0 Å². The monoisotopic (exact) mass is 564 g/mol. The van der Waals surface area contributed by atoms with Gasteiger partial charge in [-0.1, -0.05) is 12.2 Å². The van der Waals surface area contributed by atoms with E-state index in [0.29, 0.717) is 18.6 Å². The van der Waals surface area contributed by atoms with Gasteiger partial charge in [0.1, 0.15) is 5.75 Å². The average Bonchev–Trinajstić information content (AvgIpc) is 2.87. The Bertz CT molecular complexity index is 1120. The summed E-state index contributed by atoms with van der Waals surface area (Å²) in [6.45, 7) is 1.61. The van der Waals surface area contributed by atoms with E-state index in [1.165, 1.54) is 48.8 Å². The summed E-state index contributed by atoms with van der Waals surface area (Å²) in [5.41, 5.74) is 0.00272. The maximum atomic E-state index is 13.2. The standard InChI is InChI=1S/C24H31F3N2O8S/c1-22(37-24(25,26)27)10-8-17(9-11-22)28-20(30)3-2-14-36-18-4-6-19(7-5-18)38(33,34)23(21(31)29-32)12-15-35-16-13-23/h4-8,10,17,32H,2-3,9,11-16H2,1H3,(H,28,30)(H,29,31). The zero-order valence-corrected chi connectivity index (χ0v) is 21.6. The van der Waals surface area contributed by atoms with Crippen LogP contribution in [0.1, 0.15) is 45.4 Å². The molecule has 0 radical (unpaired) electrons. The molecule has 2 amide bonds. The number of benzene rings is 1. The van der Waals surface area contributed by atoms with E-state index in [-0.39, 0.29) is 56.3 Å². The van der Waals surface area contributed by atoms with Crippen LogP contribution in [0.15, 0.2) is 41.3 Å². The predicted molar refractivity (Wildman–Crippen MR) is 127 cm³/mol. The van der Waals surface area contributed by atoms with Crippen molar-refractivity contribution in [2.24, 2.45) is 0 Å². The second-order valence-electron chi connectivity index (χ2n) is 9.41. The van der Waals surface area contributed by atoms with Crippen LogP contribution in [0.25, 0.3) is 0 Å². The number of amides is 2. The number of hydroxylamine groups is 1. The van der Waals surface area contributed by atoms with Crippen LogP contribution < -0.4 is 15.5 Å². The molecule has 0 bridgehead atoms. The van der Waals surface area contributed by atoms with Crippen molar-refractivity contribution in [3.05, 3.63) is 36.4 Å². The van der Waals surface area contributed by atoms with Crippen LogP contribution in [-0.4, -0.2) is 68.0 Å². The van der Waals surface area contributed by atoms with Crippen LogP contribution in [0.2, 0.25) is 0 Å². The molecule has 2 unspecified atom stereocenters. The zero-order chi connectivity index (χ0) is 28.0. The van der Waals surface area contributed by atoms with Gasteiger partial charge in [0.15, 0.2) is 14.6 Å². The Morgan fingerprint density at radius 1 is 1.16 bits per heavy atom. The van der Waals surface area contributed by atoms with E-state index in [9.17, 15) is 31.2 Å². The first-order chi connectivity index (χ1) is 17.8. The van der Waals surface area contributed by atoms with Crippen LogP contribution in [0.4, 0.5) is 13.2 Å². The number of carbonyl (C=O) groups excluding carboxylic acids is 2. The molecule has 212 valence electrons. The van der Waals surface area contributed by atoms with Gasteiger partial charge >= 0.3 is 6.36 Å². The third kappa shape index (κ3) is 7.24. The van der Waals surface area contributed by atoms with E-state index in [1.54, 1.807) is 0 Å². The number of hydrogen-bond acceptors (Lipinski definition) is 8. The number of sulfone groups is 1. The average molecular weight is 565 g/mol. The summed E-state index contributed by atoms with van der Waals surface area (Å²) in [6.07, 6.45) is -1.27. The van der Waals surface area contributed by atoms with Crippen molar-refractivity contribution in [1.29, 1.82) is 0 Å². The van der Waals surface area contributed by atoms with E-state index < -0.39 is 38.5 Å². The zero-order valence-electron chi connectivity index (χ0n) is 20.8. The fraction of sp³-hybridized carbons (Fsp3) is 0.583. The number of alkyl halides is 3. The summed E-state index contributed by atoms with van der Waals surface area (Å²) in [5, 5.41) is 11.9. The lowest BCUT2D eigenvalue weighted by Crippen LogP contribution is -2.54. The number of ether oxygens (including phenoxy) is 3. The molecule has 1 fully saturated rings. The van der Waals surface area contributed by atoms with Crippen LogP contribution in [0.5, 0.6) is 5.75 Å². The van der Waals surface area contributed by atoms with Gasteiger partial charge in [-0.15, -0.1) is 13.2 Å². The number of halogens is 3. The summed E-state index contributed by atoms with van der Waals surface area (Å²) in [6, 6.07) is 5.10. The van der Waals surface area contributed by atoms with E-state index in [2.05, 4.69) is 10.1 Å². The molecule has 3 N–H and O–H groups in total. The fourth-order valence-electron chi connectivity index (χ4n) is 4.47. The van der Waals surface area contributed by atoms with Crippen molar-refractivity contribution in [1.82, 2.24) is 10.8 Å². The topological polar surface area (TPSA) is 140 Å². The molecule has 1 aromatic rings. The van der Waals surface area contributed by atoms with Gasteiger partial charge in [0.2, 0.25) is 5.91 Å². The second-order valence-corrected chi connectivity index (χ2v) is 11.7. The maximum absolute atomic E-state index is 13.2.